The van der Waals surface area contributed by atoms with Gasteiger partial charge in [-0.1, -0.05) is 19.9 Å². The minimum absolute atomic E-state index is 0.175. The molecule has 0 aromatic heterocycles. The van der Waals surface area contributed by atoms with Gasteiger partial charge in [0.15, 0.2) is 0 Å². The molecule has 0 saturated heterocycles. The van der Waals surface area contributed by atoms with E-state index in [1.54, 1.807) is 19.1 Å². The van der Waals surface area contributed by atoms with Crippen molar-refractivity contribution in [2.45, 2.75) is 45.6 Å². The highest BCUT2D eigenvalue weighted by Gasteiger charge is 2.31. The number of nitrogens with one attached hydrogen (secondary N) is 2. The van der Waals surface area contributed by atoms with Gasteiger partial charge in [-0.05, 0) is 37.5 Å². The Labute approximate surface area is 142 Å². The number of sulfonamides is 1. The Morgan fingerprint density at radius 1 is 1.21 bits per heavy atom. The van der Waals surface area contributed by atoms with Crippen LogP contribution in [0.1, 0.15) is 49.0 Å². The molecule has 0 fully saturated rings. The van der Waals surface area contributed by atoms with E-state index in [9.17, 15) is 18.0 Å². The summed E-state index contributed by atoms with van der Waals surface area (Å²) < 4.78 is 25.2. The lowest BCUT2D eigenvalue weighted by atomic mass is 9.88. The minimum atomic E-state index is -3.46. The number of amides is 1. The Morgan fingerprint density at radius 2 is 1.79 bits per heavy atom. The van der Waals surface area contributed by atoms with Gasteiger partial charge in [-0.15, -0.1) is 0 Å². The molecule has 0 aliphatic carbocycles. The van der Waals surface area contributed by atoms with Gasteiger partial charge in [-0.3, -0.25) is 14.3 Å². The normalized spacial score (nSPS) is 11.8. The molecule has 134 valence electrons. The van der Waals surface area contributed by atoms with Crippen molar-refractivity contribution in [1.29, 1.82) is 0 Å². The molecule has 0 atom stereocenters. The van der Waals surface area contributed by atoms with Crippen LogP contribution in [0.3, 0.4) is 0 Å². The van der Waals surface area contributed by atoms with Gasteiger partial charge >= 0.3 is 5.97 Å². The van der Waals surface area contributed by atoms with Gasteiger partial charge in [-0.25, -0.2) is 8.42 Å². The lowest BCUT2D eigenvalue weighted by molar-refractivity contribution is -0.138. The fourth-order valence-corrected chi connectivity index (χ4v) is 3.02. The summed E-state index contributed by atoms with van der Waals surface area (Å²) >= 11 is 0. The molecule has 0 aliphatic heterocycles. The quantitative estimate of drug-likeness (QED) is 0.660. The number of aliphatic carboxylic acids is 1. The molecule has 0 heterocycles. The zero-order valence-corrected chi connectivity index (χ0v) is 15.2. The third-order valence-electron chi connectivity index (χ3n) is 4.02. The van der Waals surface area contributed by atoms with Gasteiger partial charge < -0.3 is 10.4 Å². The maximum Gasteiger partial charge on any atom is 0.305 e. The van der Waals surface area contributed by atoms with Crippen molar-refractivity contribution in [3.05, 3.63) is 29.3 Å². The van der Waals surface area contributed by atoms with E-state index in [-0.39, 0.29) is 12.0 Å². The molecule has 0 unspecified atom stereocenters. The summed E-state index contributed by atoms with van der Waals surface area (Å²) in [5.41, 5.74) is 0.434. The first kappa shape index (κ1) is 20.0. The molecule has 7 nitrogen and oxygen atoms in total. The minimum Gasteiger partial charge on any atom is -0.481 e. The highest BCUT2D eigenvalue weighted by Crippen LogP contribution is 2.22. The molecule has 24 heavy (non-hydrogen) atoms. The zero-order chi connectivity index (χ0) is 18.5. The fraction of sp³-hybridized carbons (Fsp3) is 0.500. The molecule has 0 spiro atoms. The number of carboxylic acids is 1. The predicted octanol–water partition coefficient (Wildman–Crippen LogP) is 2.13. The van der Waals surface area contributed by atoms with Crippen LogP contribution in [0.2, 0.25) is 0 Å². The van der Waals surface area contributed by atoms with Crippen LogP contribution >= 0.6 is 0 Å². The van der Waals surface area contributed by atoms with E-state index in [2.05, 4.69) is 10.0 Å². The molecule has 1 rings (SSSR count). The Hall–Kier alpha value is -2.09. The summed E-state index contributed by atoms with van der Waals surface area (Å²) in [5, 5.41) is 11.9. The number of anilines is 1. The van der Waals surface area contributed by atoms with Crippen LogP contribution in [0.25, 0.3) is 0 Å². The van der Waals surface area contributed by atoms with Gasteiger partial charge in [0.25, 0.3) is 5.91 Å². The fourth-order valence-electron chi connectivity index (χ4n) is 2.40. The van der Waals surface area contributed by atoms with E-state index in [0.29, 0.717) is 24.1 Å². The van der Waals surface area contributed by atoms with Crippen molar-refractivity contribution < 1.29 is 23.1 Å². The number of hydrogen-bond acceptors (Lipinski definition) is 4. The summed E-state index contributed by atoms with van der Waals surface area (Å²) in [6.45, 7) is 5.36. The maximum atomic E-state index is 12.5. The lowest BCUT2D eigenvalue weighted by Gasteiger charge is -2.31. The molecule has 0 aliphatic rings. The first-order valence-corrected chi connectivity index (χ1v) is 9.54. The summed E-state index contributed by atoms with van der Waals surface area (Å²) in [4.78, 5) is 23.6. The van der Waals surface area contributed by atoms with Crippen LogP contribution in [-0.2, 0) is 14.8 Å². The van der Waals surface area contributed by atoms with Gasteiger partial charge in [0.1, 0.15) is 0 Å². The first-order valence-electron chi connectivity index (χ1n) is 7.64. The summed E-state index contributed by atoms with van der Waals surface area (Å²) in [5.74, 6) is -1.42. The molecule has 1 aromatic rings. The lowest BCUT2D eigenvalue weighted by Crippen LogP contribution is -2.49. The third-order valence-corrected chi connectivity index (χ3v) is 4.61. The number of benzene rings is 1. The van der Waals surface area contributed by atoms with E-state index in [4.69, 9.17) is 5.11 Å². The summed E-state index contributed by atoms with van der Waals surface area (Å²) in [6, 6.07) is 4.66. The average Bonchev–Trinajstić information content (AvgIpc) is 2.46. The van der Waals surface area contributed by atoms with Crippen LogP contribution in [0.5, 0.6) is 0 Å². The van der Waals surface area contributed by atoms with Crippen LogP contribution in [-0.4, -0.2) is 37.2 Å². The van der Waals surface area contributed by atoms with Crippen molar-refractivity contribution in [3.8, 4) is 0 Å². The van der Waals surface area contributed by atoms with Gasteiger partial charge in [0, 0.05) is 5.56 Å². The Kier molecular flexibility index (Phi) is 6.36. The number of carbonyl (C=O) groups is 2. The largest absolute Gasteiger partial charge is 0.481 e. The molecular weight excluding hydrogens is 332 g/mol. The van der Waals surface area contributed by atoms with E-state index >= 15 is 0 Å². The van der Waals surface area contributed by atoms with Gasteiger partial charge in [0.05, 0.1) is 23.9 Å². The molecule has 3 N–H and O–H groups in total. The first-order chi connectivity index (χ1) is 11.0. The average molecular weight is 356 g/mol. The van der Waals surface area contributed by atoms with Crippen LogP contribution in [0.4, 0.5) is 5.69 Å². The monoisotopic (exact) mass is 356 g/mol. The number of carboxylic acid groups (broad SMARTS) is 1. The number of aryl methyl sites for hydroxylation is 1. The second kappa shape index (κ2) is 7.65. The molecule has 1 aromatic carbocycles. The standard InChI is InChI=1S/C16H24N2O5S/c1-5-16(6-2,10-14(19)20)17-15(21)12-8-7-11(3)13(9-12)18-24(4,22)23/h7-9,18H,5-6,10H2,1-4H3,(H,17,21)(H,19,20). The Morgan fingerprint density at radius 3 is 2.25 bits per heavy atom. The van der Waals surface area contributed by atoms with E-state index in [0.717, 1.165) is 6.26 Å². The van der Waals surface area contributed by atoms with Gasteiger partial charge in [-0.2, -0.15) is 0 Å². The van der Waals surface area contributed by atoms with Crippen molar-refractivity contribution in [2.75, 3.05) is 11.0 Å². The Balaban J connectivity index is 3.10. The van der Waals surface area contributed by atoms with E-state index in [1.807, 2.05) is 13.8 Å². The summed E-state index contributed by atoms with van der Waals surface area (Å²) in [6.07, 6.45) is 1.81. The topological polar surface area (TPSA) is 113 Å². The molecule has 0 radical (unpaired) electrons. The molecule has 1 amide bonds. The molecule has 8 heteroatoms. The number of carbonyl (C=O) groups excluding carboxylic acids is 1. The second-order valence-electron chi connectivity index (χ2n) is 5.92. The zero-order valence-electron chi connectivity index (χ0n) is 14.3. The smallest absolute Gasteiger partial charge is 0.305 e. The molecule has 0 saturated carbocycles. The van der Waals surface area contributed by atoms with Crippen molar-refractivity contribution >= 4 is 27.6 Å². The van der Waals surface area contributed by atoms with Crippen LogP contribution in [0, 0.1) is 6.92 Å². The Bertz CT molecular complexity index is 724. The maximum absolute atomic E-state index is 12.5. The summed E-state index contributed by atoms with van der Waals surface area (Å²) in [7, 11) is -3.46. The van der Waals surface area contributed by atoms with Crippen LogP contribution < -0.4 is 10.0 Å². The molecule has 0 bridgehead atoms. The highest BCUT2D eigenvalue weighted by atomic mass is 32.2. The predicted molar refractivity (Wildman–Crippen MR) is 92.7 cm³/mol. The van der Waals surface area contributed by atoms with Crippen molar-refractivity contribution in [2.24, 2.45) is 0 Å². The second-order valence-corrected chi connectivity index (χ2v) is 7.66. The van der Waals surface area contributed by atoms with Crippen molar-refractivity contribution in [3.63, 3.8) is 0 Å². The van der Waals surface area contributed by atoms with E-state index in [1.165, 1.54) is 6.07 Å². The van der Waals surface area contributed by atoms with Gasteiger partial charge in [0.2, 0.25) is 10.0 Å². The van der Waals surface area contributed by atoms with Crippen molar-refractivity contribution in [1.82, 2.24) is 5.32 Å². The highest BCUT2D eigenvalue weighted by molar-refractivity contribution is 7.92. The number of rotatable bonds is 8. The third kappa shape index (κ3) is 5.52. The van der Waals surface area contributed by atoms with Crippen LogP contribution in [0.15, 0.2) is 18.2 Å². The van der Waals surface area contributed by atoms with E-state index < -0.39 is 27.4 Å². The SMILES string of the molecule is CCC(CC)(CC(=O)O)NC(=O)c1ccc(C)c(NS(C)(=O)=O)c1. The molecular formula is C16H24N2O5S. The number of hydrogen-bond donors (Lipinski definition) is 3.